The molecule has 92 valence electrons. The van der Waals surface area contributed by atoms with Gasteiger partial charge in [-0.25, -0.2) is 4.79 Å². The van der Waals surface area contributed by atoms with Crippen molar-refractivity contribution in [1.82, 2.24) is 4.90 Å². The van der Waals surface area contributed by atoms with E-state index in [1.165, 1.54) is 6.42 Å². The van der Waals surface area contributed by atoms with Crippen molar-refractivity contribution in [3.63, 3.8) is 0 Å². The van der Waals surface area contributed by atoms with Crippen LogP contribution in [0, 0.1) is 0 Å². The smallest absolute Gasteiger partial charge is 0.410 e. The maximum absolute atomic E-state index is 11.7. The monoisotopic (exact) mass is 229 g/mol. The summed E-state index contributed by atoms with van der Waals surface area (Å²) in [7, 11) is 0. The van der Waals surface area contributed by atoms with Crippen molar-refractivity contribution in [3.05, 3.63) is 0 Å². The zero-order chi connectivity index (χ0) is 11.4. The summed E-state index contributed by atoms with van der Waals surface area (Å²) in [5.74, 6) is 0. The van der Waals surface area contributed by atoms with Crippen LogP contribution in [0.3, 0.4) is 0 Å². The molecule has 2 unspecified atom stereocenters. The Hall–Kier alpha value is -0.810. The highest BCUT2D eigenvalue weighted by Crippen LogP contribution is 2.28. The second-order valence-electron chi connectivity index (χ2n) is 4.29. The number of fused-ring (bicyclic) bond motifs is 1. The van der Waals surface area contributed by atoms with Crippen molar-refractivity contribution < 1.29 is 19.4 Å². The number of carbonyl (C=O) groups is 1. The molecule has 2 atom stereocenters. The molecule has 0 aromatic rings. The van der Waals surface area contributed by atoms with Crippen molar-refractivity contribution in [2.75, 3.05) is 26.4 Å². The second-order valence-corrected chi connectivity index (χ2v) is 4.29. The Kier molecular flexibility index (Phi) is 4.01. The average Bonchev–Trinajstić information content (AvgIpc) is 2.35. The molecule has 1 aliphatic carbocycles. The Morgan fingerprint density at radius 2 is 2.25 bits per heavy atom. The first-order chi connectivity index (χ1) is 7.83. The highest BCUT2D eigenvalue weighted by Gasteiger charge is 2.37. The van der Waals surface area contributed by atoms with Gasteiger partial charge in [-0.05, 0) is 12.8 Å². The fraction of sp³-hybridized carbons (Fsp3) is 0.909. The molecule has 1 aliphatic heterocycles. The quantitative estimate of drug-likeness (QED) is 0.759. The average molecular weight is 229 g/mol. The van der Waals surface area contributed by atoms with Gasteiger partial charge >= 0.3 is 6.09 Å². The number of aliphatic hydroxyl groups is 1. The van der Waals surface area contributed by atoms with Crippen LogP contribution >= 0.6 is 0 Å². The summed E-state index contributed by atoms with van der Waals surface area (Å²) in [6, 6.07) is 0.175. The summed E-state index contributed by atoms with van der Waals surface area (Å²) >= 11 is 0. The highest BCUT2D eigenvalue weighted by molar-refractivity contribution is 5.68. The minimum absolute atomic E-state index is 0.0770. The van der Waals surface area contributed by atoms with Gasteiger partial charge in [-0.1, -0.05) is 12.8 Å². The Balaban J connectivity index is 1.93. The van der Waals surface area contributed by atoms with E-state index in [-0.39, 0.29) is 31.5 Å². The molecule has 1 saturated heterocycles. The molecule has 16 heavy (non-hydrogen) atoms. The van der Waals surface area contributed by atoms with E-state index in [0.717, 1.165) is 19.3 Å². The van der Waals surface area contributed by atoms with Gasteiger partial charge in [0.2, 0.25) is 0 Å². The van der Waals surface area contributed by atoms with Gasteiger partial charge in [0, 0.05) is 6.54 Å². The first-order valence-electron chi connectivity index (χ1n) is 5.99. The van der Waals surface area contributed by atoms with Crippen molar-refractivity contribution in [2.24, 2.45) is 0 Å². The van der Waals surface area contributed by atoms with Gasteiger partial charge in [0.05, 0.1) is 25.4 Å². The molecule has 1 heterocycles. The summed E-state index contributed by atoms with van der Waals surface area (Å²) < 4.78 is 10.6. The van der Waals surface area contributed by atoms with Gasteiger partial charge in [-0.3, -0.25) is 0 Å². The third-order valence-corrected chi connectivity index (χ3v) is 3.28. The van der Waals surface area contributed by atoms with E-state index in [4.69, 9.17) is 14.6 Å². The van der Waals surface area contributed by atoms with Crippen LogP contribution in [0.15, 0.2) is 0 Å². The van der Waals surface area contributed by atoms with Crippen molar-refractivity contribution >= 4 is 6.09 Å². The minimum atomic E-state index is -0.311. The number of nitrogens with zero attached hydrogens (tertiary/aromatic N) is 1. The molecule has 2 rings (SSSR count). The fourth-order valence-electron chi connectivity index (χ4n) is 2.54. The number of amides is 1. The van der Waals surface area contributed by atoms with Gasteiger partial charge in [0.15, 0.2) is 0 Å². The highest BCUT2D eigenvalue weighted by atomic mass is 16.6. The van der Waals surface area contributed by atoms with Crippen LogP contribution in [0.4, 0.5) is 4.79 Å². The Bertz CT molecular complexity index is 244. The number of hydrogen-bond donors (Lipinski definition) is 1. The summed E-state index contributed by atoms with van der Waals surface area (Å²) in [6.07, 6.45) is 4.24. The van der Waals surface area contributed by atoms with E-state index in [2.05, 4.69) is 0 Å². The standard InChI is InChI=1S/C11H19NO4/c13-6-8-16-11(14)12-5-7-15-10-4-2-1-3-9(10)12/h9-10,13H,1-8H2. The lowest BCUT2D eigenvalue weighted by atomic mass is 9.90. The van der Waals surface area contributed by atoms with Crippen LogP contribution in [0.2, 0.25) is 0 Å². The largest absolute Gasteiger partial charge is 0.447 e. The van der Waals surface area contributed by atoms with Gasteiger partial charge in [-0.15, -0.1) is 0 Å². The predicted octanol–water partition coefficient (Wildman–Crippen LogP) is 0.759. The third kappa shape index (κ3) is 2.47. The van der Waals surface area contributed by atoms with Crippen molar-refractivity contribution in [1.29, 1.82) is 0 Å². The Labute approximate surface area is 95.3 Å². The number of hydrogen-bond acceptors (Lipinski definition) is 4. The molecule has 0 aromatic carbocycles. The normalized spacial score (nSPS) is 29.7. The maximum atomic E-state index is 11.7. The van der Waals surface area contributed by atoms with Crippen LogP contribution < -0.4 is 0 Å². The molecule has 0 bridgehead atoms. The third-order valence-electron chi connectivity index (χ3n) is 3.28. The van der Waals surface area contributed by atoms with Gasteiger partial charge in [0.25, 0.3) is 0 Å². The van der Waals surface area contributed by atoms with Crippen LogP contribution in [0.1, 0.15) is 25.7 Å². The van der Waals surface area contributed by atoms with E-state index in [0.29, 0.717) is 13.2 Å². The Morgan fingerprint density at radius 1 is 1.44 bits per heavy atom. The van der Waals surface area contributed by atoms with Crippen molar-refractivity contribution in [3.8, 4) is 0 Å². The maximum Gasteiger partial charge on any atom is 0.410 e. The zero-order valence-corrected chi connectivity index (χ0v) is 9.43. The molecular formula is C11H19NO4. The zero-order valence-electron chi connectivity index (χ0n) is 9.43. The fourth-order valence-corrected chi connectivity index (χ4v) is 2.54. The molecule has 1 N–H and O–H groups in total. The van der Waals surface area contributed by atoms with E-state index in [1.807, 2.05) is 0 Å². The topological polar surface area (TPSA) is 59.0 Å². The first-order valence-corrected chi connectivity index (χ1v) is 5.99. The molecular weight excluding hydrogens is 210 g/mol. The second kappa shape index (κ2) is 5.50. The SMILES string of the molecule is O=C(OCCO)N1CCOC2CCCCC21. The summed E-state index contributed by atoms with van der Waals surface area (Å²) in [6.45, 7) is 1.15. The van der Waals surface area contributed by atoms with E-state index in [9.17, 15) is 4.79 Å². The van der Waals surface area contributed by atoms with Gasteiger partial charge in [0.1, 0.15) is 6.61 Å². The minimum Gasteiger partial charge on any atom is -0.447 e. The molecule has 2 aliphatic rings. The molecule has 0 spiro atoms. The van der Waals surface area contributed by atoms with Crippen molar-refractivity contribution in [2.45, 2.75) is 37.8 Å². The number of carbonyl (C=O) groups excluding carboxylic acids is 1. The lowest BCUT2D eigenvalue weighted by Gasteiger charge is -2.42. The van der Waals surface area contributed by atoms with E-state index < -0.39 is 0 Å². The lowest BCUT2D eigenvalue weighted by molar-refractivity contribution is -0.0820. The number of ether oxygens (including phenoxy) is 2. The van der Waals surface area contributed by atoms with E-state index >= 15 is 0 Å². The molecule has 1 amide bonds. The molecule has 1 saturated carbocycles. The number of morpholine rings is 1. The number of aliphatic hydroxyl groups excluding tert-OH is 1. The molecule has 0 aromatic heterocycles. The van der Waals surface area contributed by atoms with Crippen LogP contribution in [-0.4, -0.2) is 54.6 Å². The van der Waals surface area contributed by atoms with Crippen LogP contribution in [0.25, 0.3) is 0 Å². The first kappa shape index (κ1) is 11.7. The summed E-state index contributed by atoms with van der Waals surface area (Å²) in [5.41, 5.74) is 0. The summed E-state index contributed by atoms with van der Waals surface area (Å²) in [5, 5.41) is 8.63. The van der Waals surface area contributed by atoms with Crippen LogP contribution in [-0.2, 0) is 9.47 Å². The molecule has 5 nitrogen and oxygen atoms in total. The lowest BCUT2D eigenvalue weighted by Crippen LogP contribution is -2.55. The van der Waals surface area contributed by atoms with E-state index in [1.54, 1.807) is 4.90 Å². The molecule has 0 radical (unpaired) electrons. The Morgan fingerprint density at radius 3 is 3.06 bits per heavy atom. The molecule has 2 fully saturated rings. The number of rotatable bonds is 2. The summed E-state index contributed by atoms with van der Waals surface area (Å²) in [4.78, 5) is 13.5. The van der Waals surface area contributed by atoms with Gasteiger partial charge in [-0.2, -0.15) is 0 Å². The van der Waals surface area contributed by atoms with Gasteiger partial charge < -0.3 is 19.5 Å². The predicted molar refractivity (Wildman–Crippen MR) is 57.1 cm³/mol. The molecule has 5 heteroatoms. The van der Waals surface area contributed by atoms with Crippen LogP contribution in [0.5, 0.6) is 0 Å².